The maximum Gasteiger partial charge on any atom is 0.242 e. The fraction of sp³-hybridized carbons (Fsp3) is 0.417. The highest BCUT2D eigenvalue weighted by Gasteiger charge is 2.26. The third-order valence-electron chi connectivity index (χ3n) is 4.75. The van der Waals surface area contributed by atoms with Gasteiger partial charge < -0.3 is 15.0 Å². The van der Waals surface area contributed by atoms with Crippen LogP contribution in [0, 0.1) is 5.92 Å². The van der Waals surface area contributed by atoms with Gasteiger partial charge in [-0.25, -0.2) is 0 Å². The Morgan fingerprint density at radius 2 is 1.81 bits per heavy atom. The molecule has 1 unspecified atom stereocenters. The number of methoxy groups -OCH3 is 1. The molecule has 0 aromatic heterocycles. The third-order valence-corrected chi connectivity index (χ3v) is 5.99. The van der Waals surface area contributed by atoms with Crippen molar-refractivity contribution in [3.05, 3.63) is 64.7 Å². The number of thioether (sulfide) groups is 1. The molecule has 1 N–H and O–H groups in total. The number of hydrogen-bond acceptors (Lipinski definition) is 4. The minimum atomic E-state index is -0.575. The fourth-order valence-electron chi connectivity index (χ4n) is 2.92. The van der Waals surface area contributed by atoms with Crippen LogP contribution in [0.15, 0.2) is 48.5 Å². The van der Waals surface area contributed by atoms with Crippen molar-refractivity contribution in [2.45, 2.75) is 39.1 Å². The molecule has 2 aromatic rings. The van der Waals surface area contributed by atoms with E-state index in [9.17, 15) is 9.59 Å². The summed E-state index contributed by atoms with van der Waals surface area (Å²) in [6.07, 6.45) is 0. The van der Waals surface area contributed by atoms with Crippen LogP contribution in [0.1, 0.15) is 31.9 Å². The Balaban J connectivity index is 2.07. The number of carbonyl (C=O) groups is 2. The molecular weight excluding hydrogens is 432 g/mol. The van der Waals surface area contributed by atoms with Gasteiger partial charge >= 0.3 is 0 Å². The van der Waals surface area contributed by atoms with E-state index in [1.807, 2.05) is 62.4 Å². The summed E-state index contributed by atoms with van der Waals surface area (Å²) in [5.74, 6) is 1.83. The zero-order valence-corrected chi connectivity index (χ0v) is 20.1. The summed E-state index contributed by atoms with van der Waals surface area (Å²) in [4.78, 5) is 27.4. The predicted octanol–water partition coefficient (Wildman–Crippen LogP) is 4.77. The van der Waals surface area contributed by atoms with Crippen LogP contribution in [0.4, 0.5) is 0 Å². The molecule has 1 atom stereocenters. The second-order valence-electron chi connectivity index (χ2n) is 7.81. The number of hydrogen-bond donors (Lipinski definition) is 1. The molecule has 0 aliphatic carbocycles. The van der Waals surface area contributed by atoms with Gasteiger partial charge in [0.25, 0.3) is 0 Å². The molecule has 5 nitrogen and oxygen atoms in total. The van der Waals surface area contributed by atoms with Crippen molar-refractivity contribution < 1.29 is 14.3 Å². The van der Waals surface area contributed by atoms with Crippen molar-refractivity contribution in [2.24, 2.45) is 5.92 Å². The van der Waals surface area contributed by atoms with E-state index in [0.717, 1.165) is 16.9 Å². The van der Waals surface area contributed by atoms with Crippen molar-refractivity contribution >= 4 is 35.2 Å². The topological polar surface area (TPSA) is 58.6 Å². The quantitative estimate of drug-likeness (QED) is 0.522. The Bertz CT molecular complexity index is 858. The summed E-state index contributed by atoms with van der Waals surface area (Å²) >= 11 is 7.46. The first kappa shape index (κ1) is 25.1. The summed E-state index contributed by atoms with van der Waals surface area (Å²) in [5, 5.41) is 3.63. The van der Waals surface area contributed by atoms with Gasteiger partial charge in [0.15, 0.2) is 0 Å². The average molecular weight is 463 g/mol. The van der Waals surface area contributed by atoms with Crippen molar-refractivity contribution in [1.29, 1.82) is 0 Å². The van der Waals surface area contributed by atoms with Gasteiger partial charge in [0, 0.05) is 23.9 Å². The van der Waals surface area contributed by atoms with Crippen molar-refractivity contribution in [3.8, 4) is 5.75 Å². The molecule has 0 aliphatic rings. The van der Waals surface area contributed by atoms with Gasteiger partial charge in [0.05, 0.1) is 12.9 Å². The summed E-state index contributed by atoms with van der Waals surface area (Å²) in [7, 11) is 1.61. The van der Waals surface area contributed by atoms with Crippen LogP contribution >= 0.6 is 23.4 Å². The van der Waals surface area contributed by atoms with E-state index >= 15 is 0 Å². The first-order chi connectivity index (χ1) is 14.8. The Morgan fingerprint density at radius 3 is 2.45 bits per heavy atom. The normalized spacial score (nSPS) is 11.8. The molecule has 0 spiro atoms. The summed E-state index contributed by atoms with van der Waals surface area (Å²) < 4.78 is 5.30. The monoisotopic (exact) mass is 462 g/mol. The molecular formula is C24H31ClN2O3S. The van der Waals surface area contributed by atoms with E-state index in [-0.39, 0.29) is 17.6 Å². The van der Waals surface area contributed by atoms with Gasteiger partial charge in [-0.15, -0.1) is 11.8 Å². The Labute approximate surface area is 194 Å². The molecule has 0 fully saturated rings. The van der Waals surface area contributed by atoms with Gasteiger partial charge in [-0.2, -0.15) is 0 Å². The number of amides is 2. The highest BCUT2D eigenvalue weighted by Crippen LogP contribution is 2.19. The Hall–Kier alpha value is -2.18. The number of nitrogens with one attached hydrogen (secondary N) is 1. The lowest BCUT2D eigenvalue weighted by atomic mass is 10.1. The smallest absolute Gasteiger partial charge is 0.242 e. The predicted molar refractivity (Wildman–Crippen MR) is 128 cm³/mol. The van der Waals surface area contributed by atoms with E-state index in [2.05, 4.69) is 5.32 Å². The number of benzene rings is 2. The number of nitrogens with zero attached hydrogens (tertiary/aromatic N) is 1. The highest BCUT2D eigenvalue weighted by molar-refractivity contribution is 7.99. The van der Waals surface area contributed by atoms with Crippen molar-refractivity contribution in [1.82, 2.24) is 10.2 Å². The summed E-state index contributed by atoms with van der Waals surface area (Å²) in [6.45, 7) is 6.77. The largest absolute Gasteiger partial charge is 0.497 e. The summed E-state index contributed by atoms with van der Waals surface area (Å²) in [6, 6.07) is 14.6. The molecule has 0 heterocycles. The number of carbonyl (C=O) groups excluding carboxylic acids is 2. The van der Waals surface area contributed by atoms with E-state index in [4.69, 9.17) is 16.3 Å². The fourth-order valence-corrected chi connectivity index (χ4v) is 3.92. The highest BCUT2D eigenvalue weighted by atomic mass is 35.5. The van der Waals surface area contributed by atoms with E-state index in [0.29, 0.717) is 29.8 Å². The third kappa shape index (κ3) is 8.46. The molecule has 0 aliphatic heterocycles. The zero-order chi connectivity index (χ0) is 22.8. The summed E-state index contributed by atoms with van der Waals surface area (Å²) in [5.41, 5.74) is 2.02. The zero-order valence-electron chi connectivity index (χ0n) is 18.6. The molecule has 0 radical (unpaired) electrons. The van der Waals surface area contributed by atoms with Crippen molar-refractivity contribution in [3.63, 3.8) is 0 Å². The van der Waals surface area contributed by atoms with Crippen LogP contribution in [0.3, 0.4) is 0 Å². The van der Waals surface area contributed by atoms with Crippen LogP contribution < -0.4 is 10.1 Å². The maximum atomic E-state index is 13.1. The molecule has 7 heteroatoms. The second-order valence-corrected chi connectivity index (χ2v) is 9.23. The van der Waals surface area contributed by atoms with Crippen LogP contribution in [0.5, 0.6) is 5.75 Å². The molecule has 0 saturated heterocycles. The van der Waals surface area contributed by atoms with E-state index in [1.165, 1.54) is 11.8 Å². The maximum absolute atomic E-state index is 13.1. The molecule has 31 heavy (non-hydrogen) atoms. The first-order valence-electron chi connectivity index (χ1n) is 10.3. The first-order valence-corrected chi connectivity index (χ1v) is 11.9. The van der Waals surface area contributed by atoms with Crippen LogP contribution in [-0.4, -0.2) is 42.2 Å². The molecule has 168 valence electrons. The van der Waals surface area contributed by atoms with Crippen LogP contribution in [0.2, 0.25) is 5.02 Å². The molecule has 2 rings (SSSR count). The van der Waals surface area contributed by atoms with Crippen molar-refractivity contribution in [2.75, 3.05) is 19.4 Å². The van der Waals surface area contributed by atoms with Crippen LogP contribution in [-0.2, 0) is 21.9 Å². The number of halogens is 1. The number of ether oxygens (including phenoxy) is 1. The van der Waals surface area contributed by atoms with E-state index < -0.39 is 6.04 Å². The molecule has 0 bridgehead atoms. The van der Waals surface area contributed by atoms with Gasteiger partial charge in [-0.05, 0) is 48.2 Å². The van der Waals surface area contributed by atoms with Crippen LogP contribution in [0.25, 0.3) is 0 Å². The Morgan fingerprint density at radius 1 is 1.10 bits per heavy atom. The lowest BCUT2D eigenvalue weighted by Crippen LogP contribution is -2.48. The van der Waals surface area contributed by atoms with Gasteiger partial charge in [0.2, 0.25) is 11.8 Å². The van der Waals surface area contributed by atoms with Gasteiger partial charge in [-0.1, -0.05) is 49.7 Å². The SMILES string of the molecule is COc1cccc(CN(C(=O)CSCc2ccc(Cl)cc2)C(C)C(=O)NCC(C)C)c1. The molecule has 2 amide bonds. The van der Waals surface area contributed by atoms with E-state index in [1.54, 1.807) is 18.9 Å². The lowest BCUT2D eigenvalue weighted by Gasteiger charge is -2.29. The lowest BCUT2D eigenvalue weighted by molar-refractivity contribution is -0.138. The average Bonchev–Trinajstić information content (AvgIpc) is 2.76. The molecule has 2 aromatic carbocycles. The standard InChI is InChI=1S/C24H31ClN2O3S/c1-17(2)13-26-24(29)18(3)27(14-20-6-5-7-22(12-20)30-4)23(28)16-31-15-19-8-10-21(25)11-9-19/h5-12,17-18H,13-16H2,1-4H3,(H,26,29). The van der Waals surface area contributed by atoms with Gasteiger partial charge in [-0.3, -0.25) is 9.59 Å². The molecule has 0 saturated carbocycles. The van der Waals surface area contributed by atoms with Gasteiger partial charge in [0.1, 0.15) is 11.8 Å². The number of rotatable bonds is 11. The second kappa shape index (κ2) is 12.6. The minimum Gasteiger partial charge on any atom is -0.497 e. The minimum absolute atomic E-state index is 0.0750. The Kier molecular flexibility index (Phi) is 10.2.